The zero-order valence-corrected chi connectivity index (χ0v) is 15.1. The van der Waals surface area contributed by atoms with Gasteiger partial charge in [0.2, 0.25) is 5.78 Å². The first-order valence-corrected chi connectivity index (χ1v) is 8.45. The van der Waals surface area contributed by atoms with Crippen LogP contribution in [-0.2, 0) is 9.53 Å². The number of benzene rings is 2. The van der Waals surface area contributed by atoms with Gasteiger partial charge in [0.1, 0.15) is 5.75 Å². The molecule has 0 atom stereocenters. The van der Waals surface area contributed by atoms with Crippen molar-refractivity contribution in [2.24, 2.45) is 0 Å². The van der Waals surface area contributed by atoms with E-state index >= 15 is 0 Å². The standard InChI is InChI=1S/C21H19NO5/c1-13-21(17-8-3-4-9-18(17)22-13)19(24)11-27-20(25)12-26-16-7-5-6-15(10-16)14(2)23/h3-10,22H,11-12H2,1-2H3. The van der Waals surface area contributed by atoms with Crippen LogP contribution in [0.4, 0.5) is 0 Å². The molecule has 138 valence electrons. The maximum atomic E-state index is 12.5. The Hall–Kier alpha value is -3.41. The van der Waals surface area contributed by atoms with E-state index in [-0.39, 0.29) is 24.8 Å². The Kier molecular flexibility index (Phi) is 5.35. The molecule has 0 aliphatic heterocycles. The van der Waals surface area contributed by atoms with E-state index in [9.17, 15) is 14.4 Å². The number of carbonyl (C=O) groups is 3. The number of nitrogens with one attached hydrogen (secondary N) is 1. The van der Waals surface area contributed by atoms with Crippen molar-refractivity contribution in [3.8, 4) is 5.75 Å². The molecular weight excluding hydrogens is 346 g/mol. The first kappa shape index (κ1) is 18.4. The highest BCUT2D eigenvalue weighted by Crippen LogP contribution is 2.22. The van der Waals surface area contributed by atoms with Gasteiger partial charge in [-0.05, 0) is 32.0 Å². The molecule has 1 aromatic heterocycles. The summed E-state index contributed by atoms with van der Waals surface area (Å²) in [6.45, 7) is 2.55. The van der Waals surface area contributed by atoms with Crippen LogP contribution in [0, 0.1) is 6.92 Å². The minimum absolute atomic E-state index is 0.0947. The third-order valence-electron chi connectivity index (χ3n) is 4.13. The zero-order valence-electron chi connectivity index (χ0n) is 15.1. The van der Waals surface area contributed by atoms with Crippen molar-refractivity contribution in [1.82, 2.24) is 4.98 Å². The van der Waals surface area contributed by atoms with Crippen molar-refractivity contribution >= 4 is 28.4 Å². The van der Waals surface area contributed by atoms with Crippen LogP contribution in [0.15, 0.2) is 48.5 Å². The molecule has 6 nitrogen and oxygen atoms in total. The van der Waals surface area contributed by atoms with Crippen LogP contribution in [0.25, 0.3) is 10.9 Å². The number of carbonyl (C=O) groups excluding carboxylic acids is 3. The summed E-state index contributed by atoms with van der Waals surface area (Å²) in [5, 5.41) is 0.799. The van der Waals surface area contributed by atoms with Gasteiger partial charge < -0.3 is 14.5 Å². The van der Waals surface area contributed by atoms with Gasteiger partial charge in [-0.25, -0.2) is 4.79 Å². The molecule has 0 aliphatic rings. The highest BCUT2D eigenvalue weighted by Gasteiger charge is 2.17. The highest BCUT2D eigenvalue weighted by atomic mass is 16.6. The summed E-state index contributed by atoms with van der Waals surface area (Å²) in [5.74, 6) is -0.646. The number of aryl methyl sites for hydroxylation is 1. The molecule has 0 amide bonds. The Balaban J connectivity index is 1.57. The fourth-order valence-corrected chi connectivity index (χ4v) is 2.84. The summed E-state index contributed by atoms with van der Waals surface area (Å²) in [6.07, 6.45) is 0. The third kappa shape index (κ3) is 4.23. The number of ether oxygens (including phenoxy) is 2. The molecule has 6 heteroatoms. The molecule has 3 aromatic rings. The van der Waals surface area contributed by atoms with E-state index in [0.29, 0.717) is 16.9 Å². The Morgan fingerprint density at radius 2 is 1.78 bits per heavy atom. The lowest BCUT2D eigenvalue weighted by Gasteiger charge is -2.08. The fourth-order valence-electron chi connectivity index (χ4n) is 2.84. The first-order valence-electron chi connectivity index (χ1n) is 8.45. The second kappa shape index (κ2) is 7.86. The van der Waals surface area contributed by atoms with E-state index in [4.69, 9.17) is 9.47 Å². The van der Waals surface area contributed by atoms with Crippen LogP contribution >= 0.6 is 0 Å². The van der Waals surface area contributed by atoms with Crippen molar-refractivity contribution in [3.63, 3.8) is 0 Å². The van der Waals surface area contributed by atoms with E-state index in [2.05, 4.69) is 4.98 Å². The number of fused-ring (bicyclic) bond motifs is 1. The summed E-state index contributed by atoms with van der Waals surface area (Å²) >= 11 is 0. The van der Waals surface area contributed by atoms with E-state index < -0.39 is 5.97 Å². The van der Waals surface area contributed by atoms with Crippen LogP contribution in [0.3, 0.4) is 0 Å². The van der Waals surface area contributed by atoms with Gasteiger partial charge in [-0.15, -0.1) is 0 Å². The SMILES string of the molecule is CC(=O)c1cccc(OCC(=O)OCC(=O)c2c(C)[nH]c3ccccc23)c1. The monoisotopic (exact) mass is 365 g/mol. The van der Waals surface area contributed by atoms with Crippen molar-refractivity contribution in [3.05, 3.63) is 65.4 Å². The molecule has 0 aliphatic carbocycles. The van der Waals surface area contributed by atoms with E-state index in [1.54, 1.807) is 31.2 Å². The number of Topliss-reactive ketones (excluding diaryl/α,β-unsaturated/α-hetero) is 2. The number of hydrogen-bond donors (Lipinski definition) is 1. The molecule has 3 rings (SSSR count). The van der Waals surface area contributed by atoms with Gasteiger partial charge in [0.25, 0.3) is 0 Å². The van der Waals surface area contributed by atoms with Gasteiger partial charge >= 0.3 is 5.97 Å². The molecule has 0 unspecified atom stereocenters. The fraction of sp³-hybridized carbons (Fsp3) is 0.190. The summed E-state index contributed by atoms with van der Waals surface area (Å²) in [7, 11) is 0. The van der Waals surface area contributed by atoms with Gasteiger partial charge in [-0.3, -0.25) is 9.59 Å². The number of rotatable bonds is 7. The lowest BCUT2D eigenvalue weighted by atomic mass is 10.1. The largest absolute Gasteiger partial charge is 0.482 e. The molecule has 0 saturated heterocycles. The molecule has 0 radical (unpaired) electrons. The highest BCUT2D eigenvalue weighted by molar-refractivity contribution is 6.10. The third-order valence-corrected chi connectivity index (χ3v) is 4.13. The quantitative estimate of drug-likeness (QED) is 0.512. The lowest BCUT2D eigenvalue weighted by molar-refractivity contribution is -0.144. The minimum atomic E-state index is -0.658. The van der Waals surface area contributed by atoms with Crippen LogP contribution in [0.2, 0.25) is 0 Å². The Bertz CT molecular complexity index is 1020. The molecule has 1 heterocycles. The van der Waals surface area contributed by atoms with E-state index in [0.717, 1.165) is 16.6 Å². The van der Waals surface area contributed by atoms with Gasteiger partial charge in [0, 0.05) is 27.7 Å². The van der Waals surface area contributed by atoms with Crippen LogP contribution < -0.4 is 4.74 Å². The molecule has 0 spiro atoms. The predicted octanol–water partition coefficient (Wildman–Crippen LogP) is 3.48. The smallest absolute Gasteiger partial charge is 0.344 e. The van der Waals surface area contributed by atoms with E-state index in [1.807, 2.05) is 24.3 Å². The number of esters is 1. The number of ketones is 2. The van der Waals surface area contributed by atoms with Crippen LogP contribution in [0.5, 0.6) is 5.75 Å². The summed E-state index contributed by atoms with van der Waals surface area (Å²) in [6, 6.07) is 14.0. The topological polar surface area (TPSA) is 85.5 Å². The Morgan fingerprint density at radius 1 is 1.00 bits per heavy atom. The second-order valence-electron chi connectivity index (χ2n) is 6.13. The Morgan fingerprint density at radius 3 is 2.56 bits per heavy atom. The molecule has 0 saturated carbocycles. The number of para-hydroxylation sites is 1. The average molecular weight is 365 g/mol. The van der Waals surface area contributed by atoms with Gasteiger partial charge in [-0.1, -0.05) is 30.3 Å². The minimum Gasteiger partial charge on any atom is -0.482 e. The number of hydrogen-bond acceptors (Lipinski definition) is 5. The molecular formula is C21H19NO5. The van der Waals surface area contributed by atoms with E-state index in [1.165, 1.54) is 6.92 Å². The zero-order chi connectivity index (χ0) is 19.4. The molecule has 0 bridgehead atoms. The van der Waals surface area contributed by atoms with Gasteiger partial charge in [0.05, 0.1) is 0 Å². The average Bonchev–Trinajstić information content (AvgIpc) is 3.00. The normalized spacial score (nSPS) is 10.6. The predicted molar refractivity (Wildman–Crippen MR) is 100 cm³/mol. The van der Waals surface area contributed by atoms with Crippen molar-refractivity contribution in [1.29, 1.82) is 0 Å². The van der Waals surface area contributed by atoms with Crippen LogP contribution in [0.1, 0.15) is 33.3 Å². The van der Waals surface area contributed by atoms with Crippen molar-refractivity contribution < 1.29 is 23.9 Å². The van der Waals surface area contributed by atoms with Crippen LogP contribution in [-0.4, -0.2) is 35.7 Å². The number of aromatic amines is 1. The number of aromatic nitrogens is 1. The second-order valence-corrected chi connectivity index (χ2v) is 6.13. The number of H-pyrrole nitrogens is 1. The summed E-state index contributed by atoms with van der Waals surface area (Å²) in [4.78, 5) is 38.8. The van der Waals surface area contributed by atoms with Gasteiger partial charge in [-0.2, -0.15) is 0 Å². The molecule has 1 N–H and O–H groups in total. The maximum absolute atomic E-state index is 12.5. The van der Waals surface area contributed by atoms with Crippen molar-refractivity contribution in [2.45, 2.75) is 13.8 Å². The van der Waals surface area contributed by atoms with Gasteiger partial charge in [0.15, 0.2) is 19.0 Å². The summed E-state index contributed by atoms with van der Waals surface area (Å²) < 4.78 is 10.4. The Labute approximate surface area is 156 Å². The maximum Gasteiger partial charge on any atom is 0.344 e. The van der Waals surface area contributed by atoms with Crippen molar-refractivity contribution in [2.75, 3.05) is 13.2 Å². The molecule has 27 heavy (non-hydrogen) atoms. The molecule has 2 aromatic carbocycles. The lowest BCUT2D eigenvalue weighted by Crippen LogP contribution is -2.19. The summed E-state index contributed by atoms with van der Waals surface area (Å²) in [5.41, 5.74) is 2.60. The molecule has 0 fully saturated rings. The first-order chi connectivity index (χ1) is 13.0.